The van der Waals surface area contributed by atoms with Crippen LogP contribution in [0.1, 0.15) is 64.7 Å². The van der Waals surface area contributed by atoms with E-state index in [1.54, 1.807) is 20.8 Å². The van der Waals surface area contributed by atoms with E-state index in [2.05, 4.69) is 42.5 Å². The lowest BCUT2D eigenvalue weighted by Crippen LogP contribution is -2.64. The zero-order valence-corrected chi connectivity index (χ0v) is 72.8. The van der Waals surface area contributed by atoms with E-state index in [0.717, 1.165) is 9.80 Å². The van der Waals surface area contributed by atoms with Crippen LogP contribution in [0.5, 0.6) is 5.75 Å². The third-order valence-electron chi connectivity index (χ3n) is 19.3. The number of hydrogen-bond acceptors (Lipinski definition) is 40. The van der Waals surface area contributed by atoms with E-state index in [4.69, 9.17) is 86.3 Å². The van der Waals surface area contributed by atoms with Gasteiger partial charge in [0.05, 0.1) is 165 Å². The van der Waals surface area contributed by atoms with Gasteiger partial charge < -0.3 is 200 Å². The molecule has 4 aliphatic heterocycles. The van der Waals surface area contributed by atoms with Gasteiger partial charge in [0.25, 0.3) is 5.91 Å². The monoisotopic (exact) mass is 1850 g/mol. The third kappa shape index (κ3) is 40.7. The molecule has 0 aliphatic carbocycles. The van der Waals surface area contributed by atoms with Crippen LogP contribution in [0.2, 0.25) is 0 Å². The normalized spacial score (nSPS) is 26.1. The maximum Gasteiger partial charge on any atom is 0.251 e. The highest BCUT2D eigenvalue weighted by Crippen LogP contribution is 2.27. The van der Waals surface area contributed by atoms with Crippen molar-refractivity contribution in [2.24, 2.45) is 5.73 Å². The van der Waals surface area contributed by atoms with Crippen molar-refractivity contribution >= 4 is 59.1 Å². The summed E-state index contributed by atoms with van der Waals surface area (Å²) in [4.78, 5) is 137. The summed E-state index contributed by atoms with van der Waals surface area (Å²) in [6, 6.07) is -0.587. The Kier molecular flexibility index (Phi) is 52.6. The van der Waals surface area contributed by atoms with Gasteiger partial charge in [-0.15, -0.1) is 0 Å². The lowest BCUT2D eigenvalue weighted by atomic mass is 9.97. The first kappa shape index (κ1) is 111. The highest BCUT2D eigenvalue weighted by Gasteiger charge is 2.49. The van der Waals surface area contributed by atoms with Crippen molar-refractivity contribution in [3.8, 4) is 5.75 Å². The Bertz CT molecular complexity index is 3340. The van der Waals surface area contributed by atoms with E-state index >= 15 is 4.79 Å². The van der Waals surface area contributed by atoms with Gasteiger partial charge in [-0.2, -0.15) is 0 Å². The molecule has 0 aromatic heterocycles. The van der Waals surface area contributed by atoms with E-state index in [-0.39, 0.29) is 164 Å². The Balaban J connectivity index is 1.26. The second-order valence-corrected chi connectivity index (χ2v) is 30.6. The molecule has 0 saturated carbocycles. The number of rotatable bonds is 62. The minimum atomic E-state index is -1.74. The predicted octanol–water partition coefficient (Wildman–Crippen LogP) is -12.3. The minimum absolute atomic E-state index is 0.00263. The van der Waals surface area contributed by atoms with Crippen LogP contribution in [-0.4, -0.2) is 475 Å². The van der Waals surface area contributed by atoms with Crippen LogP contribution in [0.15, 0.2) is 24.3 Å². The Hall–Kier alpha value is -7.44. The van der Waals surface area contributed by atoms with Crippen LogP contribution < -0.4 is 53.0 Å². The summed E-state index contributed by atoms with van der Waals surface area (Å²) in [6.45, 7) is 1.70. The Morgan fingerprint density at radius 2 is 0.672 bits per heavy atom. The average molecular weight is 1850 g/mol. The Morgan fingerprint density at radius 3 is 0.977 bits per heavy atom. The van der Waals surface area contributed by atoms with E-state index < -0.39 is 259 Å². The Labute approximate surface area is 739 Å². The van der Waals surface area contributed by atoms with Crippen molar-refractivity contribution in [1.82, 2.24) is 52.3 Å². The van der Waals surface area contributed by atoms with E-state index in [0.29, 0.717) is 5.75 Å². The van der Waals surface area contributed by atoms with Gasteiger partial charge in [-0.3, -0.25) is 47.9 Å². The molecule has 21 atom stereocenters. The number of carbonyl (C=O) groups is 10. The molecule has 128 heavy (non-hydrogen) atoms. The predicted molar refractivity (Wildman–Crippen MR) is 435 cm³/mol. The minimum Gasteiger partial charge on any atom is -0.488 e. The molecule has 0 radical (unpaired) electrons. The molecule has 5 rings (SSSR count). The number of benzene rings is 1. The summed E-state index contributed by atoms with van der Waals surface area (Å²) in [5.74, 6) is -7.33. The van der Waals surface area contributed by atoms with Crippen molar-refractivity contribution in [2.45, 2.75) is 189 Å². The summed E-state index contributed by atoms with van der Waals surface area (Å²) in [7, 11) is 0. The van der Waals surface area contributed by atoms with Crippen LogP contribution in [0.3, 0.4) is 0 Å². The van der Waals surface area contributed by atoms with Gasteiger partial charge in [-0.1, -0.05) is 0 Å². The molecule has 0 spiro atoms. The maximum atomic E-state index is 15.2. The van der Waals surface area contributed by atoms with E-state index in [1.807, 2.05) is 0 Å². The van der Waals surface area contributed by atoms with Crippen LogP contribution in [-0.2, 0) is 119 Å². The molecule has 4 saturated heterocycles. The highest BCUT2D eigenvalue weighted by molar-refractivity contribution is 5.99. The molecule has 0 bridgehead atoms. The van der Waals surface area contributed by atoms with Crippen molar-refractivity contribution < 1.29 is 190 Å². The lowest BCUT2D eigenvalue weighted by Gasteiger charge is -2.42. The van der Waals surface area contributed by atoms with Gasteiger partial charge in [0.15, 0.2) is 25.2 Å². The summed E-state index contributed by atoms with van der Waals surface area (Å²) in [5.41, 5.74) is 5.28. The fourth-order valence-corrected chi connectivity index (χ4v) is 12.9. The Morgan fingerprint density at radius 1 is 0.391 bits per heavy atom. The molecule has 4 aliphatic rings. The highest BCUT2D eigenvalue weighted by atomic mass is 16.7. The summed E-state index contributed by atoms with van der Waals surface area (Å²) in [6.07, 6.45) is -23.0. The molecule has 50 nitrogen and oxygen atoms in total. The van der Waals surface area contributed by atoms with Crippen molar-refractivity contribution in [3.05, 3.63) is 29.8 Å². The number of nitrogens with one attached hydrogen (secondary N) is 8. The lowest BCUT2D eigenvalue weighted by molar-refractivity contribution is -0.272. The number of amides is 10. The van der Waals surface area contributed by atoms with Crippen LogP contribution in [0.4, 0.5) is 0 Å². The largest absolute Gasteiger partial charge is 0.488 e. The molecular formula is C78H133N11O39. The number of nitrogens with two attached hydrogens (primary N) is 1. The van der Waals surface area contributed by atoms with Gasteiger partial charge in [-0.05, 0) is 51.5 Å². The van der Waals surface area contributed by atoms with E-state index in [9.17, 15) is 104 Å². The molecule has 1 aromatic carbocycles. The standard InChI is InChI=1S/C78H133N11O39/c1-45(94)84-61-69(107)65(103)52(42-91)125-75(61)121-34-30-117-26-22-112-17-13-80-55(97)37-88(38-56(98)81-14-18-113-23-27-118-31-35-122-76-62(85-46(2)95)70(108)66(104)53(43-92)126-76)59(101)12-11-50(87-72(110)48-7-9-49(10-8-48)128-78(4,5)6)73(111)89(39-57(99)82-15-19-114-21-25-116-29-33-120-74-60(79)68(106)64(102)51(41-90)124-74)40-58(100)83-16-20-115-24-28-119-32-36-123-77-63(86-47(3)96)71(109)67(105)54(44-93)127-77/h7-10,50-54,60-71,74-77,90-93,102-109H,11-44,79H2,1-6H3,(H,80,97)(H,81,98)(H,82,99)(H,83,100)(H,84,94)(H,85,95)(H,86,96)(H,87,110). The molecule has 21 unspecified atom stereocenters. The third-order valence-corrected chi connectivity index (χ3v) is 19.3. The second kappa shape index (κ2) is 60.6. The SMILES string of the molecule is CC(=O)NC1C(OCCOCCOCCNC(=O)CN(CC(=O)NCCOCCOCCOC2OC(CO)C(O)C(O)C2NC(C)=O)C(=O)CCC(NC(=O)c2ccc(OC(C)(C)C)cc2)C(=O)N(CC(=O)NCCOCCOCCOC2OC(CO)C(O)C(O)C2N)CC(=O)NCCOCCOCCOC2OC(CO)C(O)C(O)C2NC(C)=O)OC(CO)C(O)C1O. The maximum absolute atomic E-state index is 15.2. The van der Waals surface area contributed by atoms with E-state index in [1.165, 1.54) is 45.0 Å². The molecule has 4 fully saturated rings. The number of aliphatic hydroxyl groups excluding tert-OH is 12. The quantitative estimate of drug-likeness (QED) is 0.0269. The number of ether oxygens (including phenoxy) is 17. The molecule has 10 amide bonds. The first-order valence-electron chi connectivity index (χ1n) is 42.0. The van der Waals surface area contributed by atoms with Crippen molar-refractivity contribution in [3.63, 3.8) is 0 Å². The fourth-order valence-electron chi connectivity index (χ4n) is 12.9. The molecular weight excluding hydrogens is 1710 g/mol. The zero-order valence-electron chi connectivity index (χ0n) is 72.8. The summed E-state index contributed by atoms with van der Waals surface area (Å²) < 4.78 is 95.2. The zero-order chi connectivity index (χ0) is 94.3. The molecule has 4 heterocycles. The summed E-state index contributed by atoms with van der Waals surface area (Å²) in [5, 5.41) is 142. The molecule has 1 aromatic rings. The number of aliphatic hydroxyl groups is 12. The topological polar surface area (TPSA) is 699 Å². The van der Waals surface area contributed by atoms with Gasteiger partial charge in [-0.25, -0.2) is 0 Å². The smallest absolute Gasteiger partial charge is 0.251 e. The second-order valence-electron chi connectivity index (χ2n) is 30.6. The first-order chi connectivity index (χ1) is 61.1. The number of carbonyl (C=O) groups excluding carboxylic acids is 10. The number of hydrogen-bond donors (Lipinski definition) is 21. The van der Waals surface area contributed by atoms with Crippen LogP contribution in [0, 0.1) is 0 Å². The van der Waals surface area contributed by atoms with Crippen LogP contribution in [0.25, 0.3) is 0 Å². The van der Waals surface area contributed by atoms with Crippen molar-refractivity contribution in [2.75, 3.05) is 211 Å². The van der Waals surface area contributed by atoms with Gasteiger partial charge in [0.2, 0.25) is 53.2 Å². The van der Waals surface area contributed by atoms with Gasteiger partial charge in [0, 0.05) is 58.9 Å². The van der Waals surface area contributed by atoms with Gasteiger partial charge in [0.1, 0.15) is 135 Å². The van der Waals surface area contributed by atoms with Gasteiger partial charge >= 0.3 is 0 Å². The first-order valence-corrected chi connectivity index (χ1v) is 42.0. The van der Waals surface area contributed by atoms with Crippen molar-refractivity contribution in [1.29, 1.82) is 0 Å². The average Bonchev–Trinajstić information content (AvgIpc) is 0.818. The molecule has 734 valence electrons. The van der Waals surface area contributed by atoms with Crippen LogP contribution >= 0.6 is 0 Å². The number of nitrogens with zero attached hydrogens (tertiary/aromatic N) is 2. The molecule has 22 N–H and O–H groups in total. The molecule has 50 heteroatoms. The summed E-state index contributed by atoms with van der Waals surface area (Å²) >= 11 is 0. The fraction of sp³-hybridized carbons (Fsp3) is 0.795.